The zero-order valence-corrected chi connectivity index (χ0v) is 13.4. The van der Waals surface area contributed by atoms with Crippen molar-refractivity contribution in [1.29, 1.82) is 0 Å². The molecule has 1 aromatic carbocycles. The van der Waals surface area contributed by atoms with E-state index in [9.17, 15) is 13.2 Å². The minimum atomic E-state index is -3.53. The first kappa shape index (κ1) is 14.7. The van der Waals surface area contributed by atoms with Crippen molar-refractivity contribution in [1.82, 2.24) is 9.29 Å². The van der Waals surface area contributed by atoms with Crippen molar-refractivity contribution in [2.24, 2.45) is 0 Å². The van der Waals surface area contributed by atoms with Gasteiger partial charge < -0.3 is 5.32 Å². The highest BCUT2D eigenvalue weighted by atomic mass is 35.5. The number of fused-ring (bicyclic) bond motifs is 1. The average molecular weight is 346 g/mol. The Kier molecular flexibility index (Phi) is 3.64. The number of nitrogens with one attached hydrogen (secondary N) is 1. The number of halogens is 1. The van der Waals surface area contributed by atoms with E-state index in [1.54, 1.807) is 18.2 Å². The molecule has 0 radical (unpaired) electrons. The second-order valence-corrected chi connectivity index (χ2v) is 8.62. The molecule has 0 saturated carbocycles. The minimum absolute atomic E-state index is 0.305. The van der Waals surface area contributed by atoms with E-state index in [4.69, 9.17) is 11.6 Å². The Hall–Kier alpha value is -1.22. The molecule has 6 nitrogen and oxygen atoms in total. The Morgan fingerprint density at radius 2 is 2.29 bits per heavy atom. The van der Waals surface area contributed by atoms with Crippen LogP contribution in [0.4, 0.5) is 5.69 Å². The van der Waals surface area contributed by atoms with E-state index >= 15 is 0 Å². The zero-order chi connectivity index (χ0) is 15.2. The van der Waals surface area contributed by atoms with Crippen LogP contribution in [0.3, 0.4) is 0 Å². The Balaban J connectivity index is 1.83. The molecule has 2 aromatic rings. The summed E-state index contributed by atoms with van der Waals surface area (Å²) < 4.78 is 26.4. The fraction of sp³-hybridized carbons (Fsp3) is 0.333. The van der Waals surface area contributed by atoms with Crippen molar-refractivity contribution >= 4 is 54.8 Å². The zero-order valence-electron chi connectivity index (χ0n) is 11.0. The lowest BCUT2D eigenvalue weighted by Gasteiger charge is -2.12. The number of carbonyl (C=O) groups is 1. The summed E-state index contributed by atoms with van der Waals surface area (Å²) in [6.45, 7) is 0.365. The molecule has 1 fully saturated rings. The van der Waals surface area contributed by atoms with Crippen LogP contribution >= 0.6 is 22.9 Å². The Bertz CT molecular complexity index is 818. The van der Waals surface area contributed by atoms with Crippen molar-refractivity contribution in [2.75, 3.05) is 18.9 Å². The molecule has 1 aromatic heterocycles. The molecule has 1 saturated heterocycles. The van der Waals surface area contributed by atoms with Gasteiger partial charge in [-0.1, -0.05) is 11.6 Å². The summed E-state index contributed by atoms with van der Waals surface area (Å²) in [6.07, 6.45) is 0.305. The van der Waals surface area contributed by atoms with E-state index in [0.29, 0.717) is 23.1 Å². The SMILES string of the molecule is CN1CCC(C(=O)Nc2ccc3nc(Cl)sc3c2)S1(=O)=O. The highest BCUT2D eigenvalue weighted by molar-refractivity contribution is 7.90. The number of rotatable bonds is 2. The molecule has 1 atom stereocenters. The number of benzene rings is 1. The minimum Gasteiger partial charge on any atom is -0.325 e. The quantitative estimate of drug-likeness (QED) is 0.901. The number of thiazole rings is 1. The van der Waals surface area contributed by atoms with Gasteiger partial charge in [0.1, 0.15) is 0 Å². The van der Waals surface area contributed by atoms with Gasteiger partial charge in [0.15, 0.2) is 9.72 Å². The van der Waals surface area contributed by atoms with Crippen LogP contribution in [-0.4, -0.2) is 42.5 Å². The van der Waals surface area contributed by atoms with Gasteiger partial charge in [-0.15, -0.1) is 11.3 Å². The Morgan fingerprint density at radius 3 is 2.95 bits per heavy atom. The van der Waals surface area contributed by atoms with Crippen molar-refractivity contribution in [3.05, 3.63) is 22.7 Å². The van der Waals surface area contributed by atoms with Crippen LogP contribution in [0.1, 0.15) is 6.42 Å². The molecule has 0 bridgehead atoms. The van der Waals surface area contributed by atoms with Gasteiger partial charge in [-0.3, -0.25) is 4.79 Å². The van der Waals surface area contributed by atoms with Crippen molar-refractivity contribution in [2.45, 2.75) is 11.7 Å². The maximum absolute atomic E-state index is 12.2. The monoisotopic (exact) mass is 345 g/mol. The fourth-order valence-corrected chi connectivity index (χ4v) is 4.85. The molecule has 21 heavy (non-hydrogen) atoms. The first-order chi connectivity index (χ1) is 9.88. The van der Waals surface area contributed by atoms with E-state index in [-0.39, 0.29) is 0 Å². The summed E-state index contributed by atoms with van der Waals surface area (Å²) in [7, 11) is -2.05. The van der Waals surface area contributed by atoms with E-state index < -0.39 is 21.2 Å². The molecule has 112 valence electrons. The van der Waals surface area contributed by atoms with Crippen molar-refractivity contribution in [3.8, 4) is 0 Å². The fourth-order valence-electron chi connectivity index (χ4n) is 2.26. The van der Waals surface area contributed by atoms with E-state index in [1.165, 1.54) is 22.7 Å². The van der Waals surface area contributed by atoms with Crippen LogP contribution < -0.4 is 5.32 Å². The molecule has 9 heteroatoms. The molecular formula is C12H12ClN3O3S2. The lowest BCUT2D eigenvalue weighted by molar-refractivity contribution is -0.115. The Labute approximate surface area is 130 Å². The smallest absolute Gasteiger partial charge is 0.244 e. The molecule has 0 spiro atoms. The number of sulfonamides is 1. The predicted molar refractivity (Wildman–Crippen MR) is 83.2 cm³/mol. The van der Waals surface area contributed by atoms with Crippen LogP contribution in [0, 0.1) is 0 Å². The lowest BCUT2D eigenvalue weighted by atomic mass is 10.2. The first-order valence-electron chi connectivity index (χ1n) is 6.20. The largest absolute Gasteiger partial charge is 0.325 e. The van der Waals surface area contributed by atoms with Gasteiger partial charge in [0, 0.05) is 19.3 Å². The van der Waals surface area contributed by atoms with Crippen molar-refractivity contribution in [3.63, 3.8) is 0 Å². The summed E-state index contributed by atoms with van der Waals surface area (Å²) in [6, 6.07) is 5.16. The summed E-state index contributed by atoms with van der Waals surface area (Å²) in [5.41, 5.74) is 1.29. The number of hydrogen-bond donors (Lipinski definition) is 1. The lowest BCUT2D eigenvalue weighted by Crippen LogP contribution is -2.35. The van der Waals surface area contributed by atoms with Gasteiger partial charge in [0.05, 0.1) is 10.2 Å². The van der Waals surface area contributed by atoms with E-state index in [0.717, 1.165) is 10.2 Å². The summed E-state index contributed by atoms with van der Waals surface area (Å²) in [5.74, 6) is -0.505. The van der Waals surface area contributed by atoms with Gasteiger partial charge in [-0.2, -0.15) is 0 Å². The van der Waals surface area contributed by atoms with Crippen molar-refractivity contribution < 1.29 is 13.2 Å². The Morgan fingerprint density at radius 1 is 1.52 bits per heavy atom. The molecule has 1 aliphatic heterocycles. The van der Waals surface area contributed by atoms with E-state index in [1.807, 2.05) is 0 Å². The van der Waals surface area contributed by atoms with Crippen LogP contribution in [0.5, 0.6) is 0 Å². The molecule has 1 amide bonds. The van der Waals surface area contributed by atoms with Crippen LogP contribution in [0.25, 0.3) is 10.2 Å². The third kappa shape index (κ3) is 2.64. The summed E-state index contributed by atoms with van der Waals surface area (Å²) >= 11 is 7.14. The highest BCUT2D eigenvalue weighted by Gasteiger charge is 2.41. The number of nitrogens with zero attached hydrogens (tertiary/aromatic N) is 2. The molecule has 0 aliphatic carbocycles. The number of aromatic nitrogens is 1. The molecule has 1 unspecified atom stereocenters. The second kappa shape index (κ2) is 5.20. The molecule has 1 N–H and O–H groups in total. The molecular weight excluding hydrogens is 334 g/mol. The predicted octanol–water partition coefficient (Wildman–Crippen LogP) is 1.92. The third-order valence-electron chi connectivity index (χ3n) is 3.42. The van der Waals surface area contributed by atoms with Gasteiger partial charge in [0.25, 0.3) is 0 Å². The van der Waals surface area contributed by atoms with Gasteiger partial charge in [-0.25, -0.2) is 17.7 Å². The second-order valence-electron chi connectivity index (χ2n) is 4.78. The standard InChI is InChI=1S/C12H12ClN3O3S2/c1-16-5-4-10(21(16,18)19)11(17)14-7-2-3-8-9(6-7)20-12(13)15-8/h2-3,6,10H,4-5H2,1H3,(H,14,17). The van der Waals surface area contributed by atoms with Gasteiger partial charge in [-0.05, 0) is 24.6 Å². The maximum atomic E-state index is 12.2. The number of amides is 1. The summed E-state index contributed by atoms with van der Waals surface area (Å²) in [5, 5.41) is 1.63. The van der Waals surface area contributed by atoms with Crippen LogP contribution in [0.2, 0.25) is 4.47 Å². The van der Waals surface area contributed by atoms with Gasteiger partial charge >= 0.3 is 0 Å². The van der Waals surface area contributed by atoms with Crippen LogP contribution in [0.15, 0.2) is 18.2 Å². The third-order valence-corrected chi connectivity index (χ3v) is 6.77. The topological polar surface area (TPSA) is 79.4 Å². The maximum Gasteiger partial charge on any atom is 0.244 e. The van der Waals surface area contributed by atoms with Gasteiger partial charge in [0.2, 0.25) is 15.9 Å². The number of anilines is 1. The van der Waals surface area contributed by atoms with Crippen LogP contribution in [-0.2, 0) is 14.8 Å². The summed E-state index contributed by atoms with van der Waals surface area (Å²) in [4.78, 5) is 16.3. The van der Waals surface area contributed by atoms with E-state index in [2.05, 4.69) is 10.3 Å². The number of carbonyl (C=O) groups excluding carboxylic acids is 1. The molecule has 3 rings (SSSR count). The normalized spacial score (nSPS) is 21.7. The number of hydrogen-bond acceptors (Lipinski definition) is 5. The average Bonchev–Trinajstić information content (AvgIpc) is 2.89. The highest BCUT2D eigenvalue weighted by Crippen LogP contribution is 2.28. The molecule has 1 aliphatic rings. The molecule has 2 heterocycles. The first-order valence-corrected chi connectivity index (χ1v) is 8.90.